The molecule has 16 heavy (non-hydrogen) atoms. The summed E-state index contributed by atoms with van der Waals surface area (Å²) in [5.41, 5.74) is 2.62. The Hall–Kier alpha value is -0.860. The molecule has 0 bridgehead atoms. The average Bonchev–Trinajstić information content (AvgIpc) is 2.72. The molecule has 0 amide bonds. The lowest BCUT2D eigenvalue weighted by molar-refractivity contribution is 0.324. The molecule has 0 saturated carbocycles. The molecule has 1 saturated heterocycles. The molecule has 1 aromatic rings. The Morgan fingerprint density at radius 3 is 3.12 bits per heavy atom. The number of fused-ring (bicyclic) bond motifs is 1. The van der Waals surface area contributed by atoms with E-state index in [1.807, 2.05) is 12.3 Å². The molecular formula is C13H15ClN2. The van der Waals surface area contributed by atoms with Crippen molar-refractivity contribution in [2.75, 3.05) is 13.1 Å². The quantitative estimate of drug-likeness (QED) is 0.808. The summed E-state index contributed by atoms with van der Waals surface area (Å²) in [6.45, 7) is 2.30. The number of piperidine rings is 1. The molecule has 2 heterocycles. The van der Waals surface area contributed by atoms with Crippen LogP contribution in [0.1, 0.15) is 18.4 Å². The summed E-state index contributed by atoms with van der Waals surface area (Å²) < 4.78 is 0. The number of rotatable bonds is 1. The number of hydrogen-bond acceptors (Lipinski definition) is 2. The predicted molar refractivity (Wildman–Crippen MR) is 66.3 cm³/mol. The third kappa shape index (κ3) is 1.87. The molecule has 1 aliphatic carbocycles. The van der Waals surface area contributed by atoms with Gasteiger partial charge in [0.25, 0.3) is 0 Å². The summed E-state index contributed by atoms with van der Waals surface area (Å²) in [5, 5.41) is 4.19. The number of pyridine rings is 1. The molecule has 0 aromatic carbocycles. The van der Waals surface area contributed by atoms with Crippen molar-refractivity contribution in [3.05, 3.63) is 35.1 Å². The Kier molecular flexibility index (Phi) is 2.70. The van der Waals surface area contributed by atoms with Crippen molar-refractivity contribution in [1.82, 2.24) is 10.3 Å². The summed E-state index contributed by atoms with van der Waals surface area (Å²) in [6, 6.07) is 2.02. The molecule has 1 fully saturated rings. The molecule has 3 heteroatoms. The fraction of sp³-hybridized carbons (Fsp3) is 0.462. The first kappa shape index (κ1) is 10.3. The maximum Gasteiger partial charge on any atom is 0.0595 e. The van der Waals surface area contributed by atoms with Gasteiger partial charge in [0.2, 0.25) is 0 Å². The van der Waals surface area contributed by atoms with Gasteiger partial charge in [-0.3, -0.25) is 4.98 Å². The first-order valence-electron chi connectivity index (χ1n) is 5.85. The van der Waals surface area contributed by atoms with E-state index in [2.05, 4.69) is 16.4 Å². The number of nitrogens with one attached hydrogen (secondary N) is 1. The van der Waals surface area contributed by atoms with Crippen molar-refractivity contribution in [1.29, 1.82) is 0 Å². The second-order valence-corrected chi connectivity index (χ2v) is 5.14. The van der Waals surface area contributed by atoms with E-state index in [4.69, 9.17) is 11.6 Å². The summed E-state index contributed by atoms with van der Waals surface area (Å²) in [6.07, 6.45) is 8.47. The highest BCUT2D eigenvalue weighted by Gasteiger charge is 2.30. The summed E-state index contributed by atoms with van der Waals surface area (Å²) >= 11 is 5.97. The molecule has 0 spiro atoms. The highest BCUT2D eigenvalue weighted by Crippen LogP contribution is 2.39. The van der Waals surface area contributed by atoms with E-state index in [0.717, 1.165) is 29.9 Å². The maximum absolute atomic E-state index is 5.97. The topological polar surface area (TPSA) is 24.9 Å². The third-order valence-corrected chi connectivity index (χ3v) is 3.85. The minimum atomic E-state index is 0.728. The van der Waals surface area contributed by atoms with Crippen LogP contribution in [0.25, 0.3) is 5.57 Å². The van der Waals surface area contributed by atoms with Gasteiger partial charge in [0, 0.05) is 12.4 Å². The maximum atomic E-state index is 5.97. The SMILES string of the molecule is Clc1cncc(C2=C[C@H]3CCNC[C@H]3C2)c1. The van der Waals surface area contributed by atoms with Crippen molar-refractivity contribution >= 4 is 17.2 Å². The number of halogens is 1. The molecule has 2 atom stereocenters. The smallest absolute Gasteiger partial charge is 0.0595 e. The number of aromatic nitrogens is 1. The average molecular weight is 235 g/mol. The van der Waals surface area contributed by atoms with E-state index in [9.17, 15) is 0 Å². The highest BCUT2D eigenvalue weighted by molar-refractivity contribution is 6.30. The van der Waals surface area contributed by atoms with Crippen LogP contribution >= 0.6 is 11.6 Å². The van der Waals surface area contributed by atoms with Gasteiger partial charge < -0.3 is 5.32 Å². The van der Waals surface area contributed by atoms with Gasteiger partial charge in [-0.05, 0) is 55.0 Å². The molecule has 1 aromatic heterocycles. The Bertz CT molecular complexity index is 428. The Balaban J connectivity index is 1.86. The lowest BCUT2D eigenvalue weighted by Crippen LogP contribution is -2.33. The zero-order valence-electron chi connectivity index (χ0n) is 9.12. The van der Waals surface area contributed by atoms with Gasteiger partial charge >= 0.3 is 0 Å². The molecule has 84 valence electrons. The summed E-state index contributed by atoms with van der Waals surface area (Å²) in [5.74, 6) is 1.54. The van der Waals surface area contributed by atoms with Crippen LogP contribution in [0.4, 0.5) is 0 Å². The molecule has 0 radical (unpaired) electrons. The highest BCUT2D eigenvalue weighted by atomic mass is 35.5. The standard InChI is InChI=1S/C13H15ClN2/c14-13-5-12(7-16-8-13)10-3-9-1-2-15-6-11(9)4-10/h3,5,7-9,11,15H,1-2,4,6H2/t9-,11-/m1/s1. The largest absolute Gasteiger partial charge is 0.316 e. The van der Waals surface area contributed by atoms with Crippen molar-refractivity contribution < 1.29 is 0 Å². The van der Waals surface area contributed by atoms with E-state index in [1.54, 1.807) is 6.20 Å². The first-order chi connectivity index (χ1) is 7.83. The van der Waals surface area contributed by atoms with Crippen LogP contribution in [0.2, 0.25) is 5.02 Å². The van der Waals surface area contributed by atoms with Crippen LogP contribution < -0.4 is 5.32 Å². The Morgan fingerprint density at radius 2 is 2.31 bits per heavy atom. The van der Waals surface area contributed by atoms with E-state index in [0.29, 0.717) is 0 Å². The molecule has 3 rings (SSSR count). The second-order valence-electron chi connectivity index (χ2n) is 4.70. The number of hydrogen-bond donors (Lipinski definition) is 1. The van der Waals surface area contributed by atoms with Gasteiger partial charge in [0.1, 0.15) is 0 Å². The fourth-order valence-corrected chi connectivity index (χ4v) is 2.97. The summed E-state index contributed by atoms with van der Waals surface area (Å²) in [7, 11) is 0. The van der Waals surface area contributed by atoms with Crippen LogP contribution in [-0.2, 0) is 0 Å². The lowest BCUT2D eigenvalue weighted by Gasteiger charge is -2.25. The lowest BCUT2D eigenvalue weighted by atomic mass is 9.89. The third-order valence-electron chi connectivity index (χ3n) is 3.64. The molecule has 2 aliphatic rings. The monoisotopic (exact) mass is 234 g/mol. The number of allylic oxidation sites excluding steroid dienone is 2. The normalized spacial score (nSPS) is 28.7. The Labute approximate surface area is 101 Å². The minimum Gasteiger partial charge on any atom is -0.316 e. The van der Waals surface area contributed by atoms with Gasteiger partial charge in [-0.2, -0.15) is 0 Å². The van der Waals surface area contributed by atoms with Gasteiger partial charge in [0.05, 0.1) is 5.02 Å². The van der Waals surface area contributed by atoms with Gasteiger partial charge in [-0.15, -0.1) is 0 Å². The fourth-order valence-electron chi connectivity index (χ4n) is 2.80. The van der Waals surface area contributed by atoms with Crippen LogP contribution in [0, 0.1) is 11.8 Å². The van der Waals surface area contributed by atoms with E-state index in [1.165, 1.54) is 24.0 Å². The summed E-state index contributed by atoms with van der Waals surface area (Å²) in [4.78, 5) is 4.16. The minimum absolute atomic E-state index is 0.728. The predicted octanol–water partition coefficient (Wildman–Crippen LogP) is 2.75. The van der Waals surface area contributed by atoms with Gasteiger partial charge in [0.15, 0.2) is 0 Å². The van der Waals surface area contributed by atoms with E-state index in [-0.39, 0.29) is 0 Å². The van der Waals surface area contributed by atoms with Crippen molar-refractivity contribution in [2.45, 2.75) is 12.8 Å². The number of nitrogens with zero attached hydrogens (tertiary/aromatic N) is 1. The van der Waals surface area contributed by atoms with Crippen molar-refractivity contribution in [2.24, 2.45) is 11.8 Å². The first-order valence-corrected chi connectivity index (χ1v) is 6.23. The molecule has 0 unspecified atom stereocenters. The second kappa shape index (κ2) is 4.19. The zero-order valence-corrected chi connectivity index (χ0v) is 9.87. The van der Waals surface area contributed by atoms with Crippen molar-refractivity contribution in [3.63, 3.8) is 0 Å². The van der Waals surface area contributed by atoms with E-state index >= 15 is 0 Å². The van der Waals surface area contributed by atoms with Gasteiger partial charge in [-0.25, -0.2) is 0 Å². The molecule has 1 N–H and O–H groups in total. The van der Waals surface area contributed by atoms with Crippen LogP contribution in [0.3, 0.4) is 0 Å². The zero-order chi connectivity index (χ0) is 11.0. The van der Waals surface area contributed by atoms with Crippen molar-refractivity contribution in [3.8, 4) is 0 Å². The Morgan fingerprint density at radius 1 is 1.38 bits per heavy atom. The molecule has 2 nitrogen and oxygen atoms in total. The van der Waals surface area contributed by atoms with Gasteiger partial charge in [-0.1, -0.05) is 17.7 Å². The van der Waals surface area contributed by atoms with Crippen LogP contribution in [-0.4, -0.2) is 18.1 Å². The van der Waals surface area contributed by atoms with Crippen LogP contribution in [0.5, 0.6) is 0 Å². The van der Waals surface area contributed by atoms with Crippen LogP contribution in [0.15, 0.2) is 24.5 Å². The van der Waals surface area contributed by atoms with E-state index < -0.39 is 0 Å². The molecule has 1 aliphatic heterocycles. The molecular weight excluding hydrogens is 220 g/mol.